The van der Waals surface area contributed by atoms with E-state index in [-0.39, 0.29) is 18.0 Å². The summed E-state index contributed by atoms with van der Waals surface area (Å²) < 4.78 is 2.40. The Balaban J connectivity index is 2.80. The van der Waals surface area contributed by atoms with Crippen LogP contribution in [0.3, 0.4) is 0 Å². The molecule has 0 fully saturated rings. The van der Waals surface area contributed by atoms with E-state index in [1.54, 1.807) is 0 Å². The van der Waals surface area contributed by atoms with Gasteiger partial charge < -0.3 is 5.32 Å². The molecule has 0 amide bonds. The summed E-state index contributed by atoms with van der Waals surface area (Å²) in [7, 11) is 0. The number of fused-ring (bicyclic) bond motifs is 1. The van der Waals surface area contributed by atoms with E-state index in [0.717, 1.165) is 4.57 Å². The minimum absolute atomic E-state index is 0.0257. The van der Waals surface area contributed by atoms with Crippen molar-refractivity contribution in [1.82, 2.24) is 9.13 Å². The van der Waals surface area contributed by atoms with Crippen molar-refractivity contribution in [2.24, 2.45) is 0 Å². The van der Waals surface area contributed by atoms with Gasteiger partial charge in [-0.25, -0.2) is 4.79 Å². The van der Waals surface area contributed by atoms with Crippen molar-refractivity contribution in [3.05, 3.63) is 26.4 Å². The van der Waals surface area contributed by atoms with Crippen molar-refractivity contribution in [1.29, 1.82) is 5.26 Å². The van der Waals surface area contributed by atoms with Crippen molar-refractivity contribution in [3.63, 3.8) is 0 Å². The van der Waals surface area contributed by atoms with Crippen molar-refractivity contribution in [3.8, 4) is 6.07 Å². The van der Waals surface area contributed by atoms with Gasteiger partial charge in [0, 0.05) is 25.5 Å². The molecule has 1 aliphatic rings. The monoisotopic (exact) mass is 240 g/mol. The predicted octanol–water partition coefficient (Wildman–Crippen LogP) is -0.454. The number of anilines is 1. The second-order valence-corrected chi connectivity index (χ2v) is 3.72. The lowest BCUT2D eigenvalue weighted by atomic mass is 10.3. The van der Waals surface area contributed by atoms with E-state index in [9.17, 15) is 9.59 Å². The fraction of sp³-hybridized carbons (Fsp3) is 0.444. The Labute approximate surface area is 95.7 Å². The van der Waals surface area contributed by atoms with Crippen molar-refractivity contribution < 1.29 is 0 Å². The maximum atomic E-state index is 11.9. The highest BCUT2D eigenvalue weighted by molar-refractivity contribution is 6.17. The van der Waals surface area contributed by atoms with Crippen LogP contribution in [0.5, 0.6) is 0 Å². The zero-order valence-electron chi connectivity index (χ0n) is 8.36. The van der Waals surface area contributed by atoms with Crippen LogP contribution in [0.1, 0.15) is 5.56 Å². The molecule has 16 heavy (non-hydrogen) atoms. The van der Waals surface area contributed by atoms with Gasteiger partial charge in [0.2, 0.25) is 0 Å². The zero-order valence-corrected chi connectivity index (χ0v) is 9.12. The topological polar surface area (TPSA) is 79.8 Å². The van der Waals surface area contributed by atoms with Gasteiger partial charge in [-0.2, -0.15) is 5.26 Å². The Morgan fingerprint density at radius 2 is 2.25 bits per heavy atom. The predicted molar refractivity (Wildman–Crippen MR) is 58.9 cm³/mol. The first-order chi connectivity index (χ1) is 7.70. The molecule has 1 aromatic rings. The summed E-state index contributed by atoms with van der Waals surface area (Å²) in [5.41, 5.74) is -1.01. The van der Waals surface area contributed by atoms with Gasteiger partial charge in [-0.1, -0.05) is 0 Å². The smallest absolute Gasteiger partial charge is 0.332 e. The number of aromatic nitrogens is 2. The third-order valence-electron chi connectivity index (χ3n) is 2.48. The van der Waals surface area contributed by atoms with Gasteiger partial charge in [0.15, 0.2) is 5.56 Å². The molecule has 0 atom stereocenters. The largest absolute Gasteiger partial charge is 0.368 e. The number of halogens is 1. The van der Waals surface area contributed by atoms with E-state index < -0.39 is 11.2 Å². The van der Waals surface area contributed by atoms with Crippen LogP contribution in [0.25, 0.3) is 0 Å². The van der Waals surface area contributed by atoms with Gasteiger partial charge in [-0.3, -0.25) is 13.9 Å². The Bertz CT molecular complexity index is 581. The van der Waals surface area contributed by atoms with Crippen LogP contribution in [-0.2, 0) is 13.1 Å². The molecule has 0 spiro atoms. The number of hydrogen-bond acceptors (Lipinski definition) is 4. The molecule has 7 heteroatoms. The molecule has 6 nitrogen and oxygen atoms in total. The molecular weight excluding hydrogens is 232 g/mol. The number of nitrogens with zero attached hydrogens (tertiary/aromatic N) is 3. The first-order valence-corrected chi connectivity index (χ1v) is 5.31. The van der Waals surface area contributed by atoms with E-state index in [1.165, 1.54) is 4.57 Å². The van der Waals surface area contributed by atoms with E-state index in [1.807, 2.05) is 6.07 Å². The third-order valence-corrected chi connectivity index (χ3v) is 2.64. The molecule has 0 aliphatic carbocycles. The number of hydrogen-bond donors (Lipinski definition) is 1. The third kappa shape index (κ3) is 1.41. The van der Waals surface area contributed by atoms with Gasteiger partial charge in [0.25, 0.3) is 5.56 Å². The van der Waals surface area contributed by atoms with Crippen LogP contribution in [-0.4, -0.2) is 21.6 Å². The van der Waals surface area contributed by atoms with Crippen LogP contribution in [0.15, 0.2) is 9.59 Å². The lowest BCUT2D eigenvalue weighted by Crippen LogP contribution is -2.41. The van der Waals surface area contributed by atoms with Crippen molar-refractivity contribution in [2.75, 3.05) is 17.7 Å². The van der Waals surface area contributed by atoms with Crippen LogP contribution in [0.2, 0.25) is 0 Å². The van der Waals surface area contributed by atoms with Crippen molar-refractivity contribution >= 4 is 17.4 Å². The van der Waals surface area contributed by atoms with E-state index in [4.69, 9.17) is 16.9 Å². The lowest BCUT2D eigenvalue weighted by Gasteiger charge is -2.08. The van der Waals surface area contributed by atoms with Gasteiger partial charge in [-0.15, -0.1) is 11.6 Å². The molecule has 84 valence electrons. The number of alkyl halides is 1. The van der Waals surface area contributed by atoms with Gasteiger partial charge in [0.05, 0.1) is 0 Å². The highest BCUT2D eigenvalue weighted by Gasteiger charge is 2.21. The Kier molecular flexibility index (Phi) is 2.71. The molecule has 0 saturated heterocycles. The Hall–Kier alpha value is -1.74. The zero-order chi connectivity index (χ0) is 11.7. The summed E-state index contributed by atoms with van der Waals surface area (Å²) in [5.74, 6) is 0.482. The molecule has 0 radical (unpaired) electrons. The summed E-state index contributed by atoms with van der Waals surface area (Å²) in [4.78, 5) is 23.7. The fourth-order valence-corrected chi connectivity index (χ4v) is 1.93. The molecule has 1 aliphatic heterocycles. The molecule has 2 heterocycles. The average molecular weight is 241 g/mol. The first-order valence-electron chi connectivity index (χ1n) is 4.78. The fourth-order valence-electron chi connectivity index (χ4n) is 1.76. The normalized spacial score (nSPS) is 13.0. The standard InChI is InChI=1S/C9H9ClN4O2/c10-1-3-14-8(15)6(5-11)7-12-2-4-13(7)9(14)16/h12H,1-4H2. The molecule has 0 saturated carbocycles. The Morgan fingerprint density at radius 3 is 2.88 bits per heavy atom. The molecule has 1 N–H and O–H groups in total. The summed E-state index contributed by atoms with van der Waals surface area (Å²) in [5, 5.41) is 11.8. The van der Waals surface area contributed by atoms with E-state index in [2.05, 4.69) is 5.32 Å². The number of rotatable bonds is 2. The lowest BCUT2D eigenvalue weighted by molar-refractivity contribution is 0.609. The maximum absolute atomic E-state index is 11.9. The maximum Gasteiger partial charge on any atom is 0.332 e. The molecule has 2 rings (SSSR count). The van der Waals surface area contributed by atoms with Crippen molar-refractivity contribution in [2.45, 2.75) is 13.1 Å². The molecule has 0 bridgehead atoms. The summed E-state index contributed by atoms with van der Waals surface area (Å²) >= 11 is 5.52. The summed E-state index contributed by atoms with van der Waals surface area (Å²) in [6.07, 6.45) is 0. The SMILES string of the molecule is N#Cc1c2n(c(=O)n(CCCl)c1=O)CCN2. The highest BCUT2D eigenvalue weighted by atomic mass is 35.5. The van der Waals surface area contributed by atoms with Gasteiger partial charge >= 0.3 is 5.69 Å². The molecule has 0 aromatic carbocycles. The summed E-state index contributed by atoms with van der Waals surface area (Å²) in [6.45, 7) is 1.13. The second kappa shape index (κ2) is 4.02. The van der Waals surface area contributed by atoms with Crippen LogP contribution < -0.4 is 16.6 Å². The van der Waals surface area contributed by atoms with Gasteiger partial charge in [-0.05, 0) is 0 Å². The quantitative estimate of drug-likeness (QED) is 0.710. The Morgan fingerprint density at radius 1 is 1.50 bits per heavy atom. The number of nitrogens with one attached hydrogen (secondary N) is 1. The second-order valence-electron chi connectivity index (χ2n) is 3.34. The number of nitriles is 1. The molecule has 0 unspecified atom stereocenters. The summed E-state index contributed by atoms with van der Waals surface area (Å²) in [6, 6.07) is 1.82. The minimum atomic E-state index is -0.575. The first kappa shape index (κ1) is 10.8. The van der Waals surface area contributed by atoms with Crippen LogP contribution in [0, 0.1) is 11.3 Å². The molecule has 1 aromatic heterocycles. The highest BCUT2D eigenvalue weighted by Crippen LogP contribution is 2.12. The molecular formula is C9H9ClN4O2. The average Bonchev–Trinajstić information content (AvgIpc) is 2.74. The van der Waals surface area contributed by atoms with E-state index >= 15 is 0 Å². The minimum Gasteiger partial charge on any atom is -0.368 e. The van der Waals surface area contributed by atoms with Gasteiger partial charge in [0.1, 0.15) is 11.9 Å². The van der Waals surface area contributed by atoms with E-state index in [0.29, 0.717) is 18.9 Å². The van der Waals surface area contributed by atoms with Crippen LogP contribution >= 0.6 is 11.6 Å². The van der Waals surface area contributed by atoms with Crippen LogP contribution in [0.4, 0.5) is 5.82 Å².